The van der Waals surface area contributed by atoms with Crippen LogP contribution in [0.5, 0.6) is 0 Å². The Morgan fingerprint density at radius 2 is 2.00 bits per heavy atom. The largest absolute Gasteiger partial charge is 0.477 e. The lowest BCUT2D eigenvalue weighted by Gasteiger charge is -2.06. The van der Waals surface area contributed by atoms with Crippen LogP contribution in [0.2, 0.25) is 10.0 Å². The fourth-order valence-corrected chi connectivity index (χ4v) is 3.24. The predicted molar refractivity (Wildman–Crippen MR) is 80.1 cm³/mol. The van der Waals surface area contributed by atoms with E-state index in [-0.39, 0.29) is 22.2 Å². The molecule has 110 valence electrons. The van der Waals surface area contributed by atoms with Crippen LogP contribution < -0.4 is 0 Å². The number of carboxylic acids is 1. The first-order valence-corrected chi connectivity index (χ1v) is 7.52. The maximum absolute atomic E-state index is 11.7. The number of nitrogens with zero attached hydrogens (tertiary/aromatic N) is 1. The van der Waals surface area contributed by atoms with E-state index in [0.29, 0.717) is 16.3 Å². The summed E-state index contributed by atoms with van der Waals surface area (Å²) in [5.74, 6) is -0.481. The Labute approximate surface area is 131 Å². The lowest BCUT2D eigenvalue weighted by Crippen LogP contribution is -2.04. The topological polar surface area (TPSA) is 63.3 Å². The summed E-state index contributed by atoms with van der Waals surface area (Å²) in [6.07, 6.45) is 4.02. The normalized spacial score (nSPS) is 15.5. The first kappa shape index (κ1) is 14.4. The summed E-state index contributed by atoms with van der Waals surface area (Å²) in [5, 5.41) is 14.1. The summed E-state index contributed by atoms with van der Waals surface area (Å²) >= 11 is 12.2. The summed E-state index contributed by atoms with van der Waals surface area (Å²) in [6.45, 7) is 0. The summed E-state index contributed by atoms with van der Waals surface area (Å²) in [6, 6.07) is 5.04. The third-order valence-electron chi connectivity index (χ3n) is 3.87. The molecule has 1 saturated carbocycles. The van der Waals surface area contributed by atoms with E-state index in [4.69, 9.17) is 27.7 Å². The lowest BCUT2D eigenvalue weighted by atomic mass is 9.97. The van der Waals surface area contributed by atoms with Crippen LogP contribution in [-0.2, 0) is 0 Å². The molecule has 1 fully saturated rings. The van der Waals surface area contributed by atoms with Crippen LogP contribution in [0.3, 0.4) is 0 Å². The van der Waals surface area contributed by atoms with Crippen LogP contribution in [0.15, 0.2) is 22.7 Å². The van der Waals surface area contributed by atoms with Gasteiger partial charge in [-0.1, -0.05) is 53.3 Å². The molecule has 2 aromatic rings. The summed E-state index contributed by atoms with van der Waals surface area (Å²) in [4.78, 5) is 11.7. The Morgan fingerprint density at radius 1 is 1.29 bits per heavy atom. The molecule has 1 aromatic heterocycles. The van der Waals surface area contributed by atoms with Gasteiger partial charge in [0.15, 0.2) is 5.76 Å². The van der Waals surface area contributed by atoms with Crippen LogP contribution >= 0.6 is 23.2 Å². The van der Waals surface area contributed by atoms with Gasteiger partial charge in [0, 0.05) is 11.5 Å². The van der Waals surface area contributed by atoms with E-state index in [1.807, 2.05) is 0 Å². The van der Waals surface area contributed by atoms with Crippen molar-refractivity contribution >= 4 is 29.2 Å². The smallest absolute Gasteiger partial charge is 0.341 e. The van der Waals surface area contributed by atoms with Gasteiger partial charge in [-0.05, 0) is 18.9 Å². The molecule has 0 amide bonds. The molecule has 1 N–H and O–H groups in total. The van der Waals surface area contributed by atoms with E-state index in [1.54, 1.807) is 18.2 Å². The Morgan fingerprint density at radius 3 is 2.67 bits per heavy atom. The van der Waals surface area contributed by atoms with Crippen molar-refractivity contribution in [3.8, 4) is 11.3 Å². The molecule has 0 radical (unpaired) electrons. The van der Waals surface area contributed by atoms with Crippen LogP contribution in [0, 0.1) is 0 Å². The van der Waals surface area contributed by atoms with Gasteiger partial charge in [-0.3, -0.25) is 0 Å². The third kappa shape index (κ3) is 2.54. The number of hydrogen-bond donors (Lipinski definition) is 1. The molecule has 0 bridgehead atoms. The second kappa shape index (κ2) is 5.70. The van der Waals surface area contributed by atoms with Crippen molar-refractivity contribution in [3.63, 3.8) is 0 Å². The number of carbonyl (C=O) groups is 1. The van der Waals surface area contributed by atoms with Crippen LogP contribution in [0.1, 0.15) is 47.7 Å². The molecule has 0 saturated heterocycles. The molecule has 1 aliphatic rings. The fraction of sp³-hybridized carbons (Fsp3) is 0.333. The summed E-state index contributed by atoms with van der Waals surface area (Å²) < 4.78 is 5.36. The second-order valence-corrected chi connectivity index (χ2v) is 5.94. The molecule has 0 unspecified atom stereocenters. The van der Waals surface area contributed by atoms with E-state index in [2.05, 4.69) is 5.16 Å². The van der Waals surface area contributed by atoms with Crippen molar-refractivity contribution in [2.75, 3.05) is 0 Å². The number of aromatic carboxylic acids is 1. The van der Waals surface area contributed by atoms with E-state index in [0.717, 1.165) is 25.7 Å². The van der Waals surface area contributed by atoms with Gasteiger partial charge < -0.3 is 9.63 Å². The van der Waals surface area contributed by atoms with E-state index >= 15 is 0 Å². The van der Waals surface area contributed by atoms with E-state index in [1.165, 1.54) is 0 Å². The molecule has 21 heavy (non-hydrogen) atoms. The second-order valence-electron chi connectivity index (χ2n) is 5.16. The Hall–Kier alpha value is -1.52. The van der Waals surface area contributed by atoms with Gasteiger partial charge in [0.25, 0.3) is 0 Å². The zero-order valence-electron chi connectivity index (χ0n) is 11.1. The van der Waals surface area contributed by atoms with Crippen molar-refractivity contribution in [2.45, 2.75) is 31.6 Å². The standard InChI is InChI=1S/C15H13Cl2NO3/c16-10-7-3-6-9(12(10)17)13-11(15(19)20)14(21-18-13)8-4-1-2-5-8/h3,6-8H,1-2,4-5H2,(H,19,20). The monoisotopic (exact) mass is 325 g/mol. The highest BCUT2D eigenvalue weighted by Crippen LogP contribution is 2.41. The van der Waals surface area contributed by atoms with Gasteiger partial charge in [-0.15, -0.1) is 0 Å². The third-order valence-corrected chi connectivity index (χ3v) is 4.68. The van der Waals surface area contributed by atoms with Gasteiger partial charge in [0.1, 0.15) is 11.3 Å². The number of aromatic nitrogens is 1. The molecular formula is C15H13Cl2NO3. The van der Waals surface area contributed by atoms with Crippen molar-refractivity contribution in [2.24, 2.45) is 0 Å². The van der Waals surface area contributed by atoms with Gasteiger partial charge >= 0.3 is 5.97 Å². The van der Waals surface area contributed by atoms with Gasteiger partial charge in [-0.25, -0.2) is 4.79 Å². The molecule has 0 aliphatic heterocycles. The molecule has 1 aliphatic carbocycles. The van der Waals surface area contributed by atoms with E-state index < -0.39 is 5.97 Å². The predicted octanol–water partition coefficient (Wildman–Crippen LogP) is 5.00. The fourth-order valence-electron chi connectivity index (χ4n) is 2.85. The Bertz CT molecular complexity index is 690. The van der Waals surface area contributed by atoms with Crippen molar-refractivity contribution < 1.29 is 14.4 Å². The van der Waals surface area contributed by atoms with Crippen molar-refractivity contribution in [3.05, 3.63) is 39.6 Å². The number of rotatable bonds is 3. The maximum atomic E-state index is 11.7. The minimum Gasteiger partial charge on any atom is -0.477 e. The molecule has 1 aromatic carbocycles. The highest BCUT2D eigenvalue weighted by Gasteiger charge is 2.31. The van der Waals surface area contributed by atoms with Crippen molar-refractivity contribution in [1.82, 2.24) is 5.16 Å². The molecule has 6 heteroatoms. The Balaban J connectivity index is 2.15. The molecule has 0 atom stereocenters. The average Bonchev–Trinajstić information content (AvgIpc) is 3.09. The van der Waals surface area contributed by atoms with E-state index in [9.17, 15) is 9.90 Å². The van der Waals surface area contributed by atoms with Gasteiger partial charge in [0.2, 0.25) is 0 Å². The zero-order chi connectivity index (χ0) is 15.0. The first-order chi connectivity index (χ1) is 10.1. The number of halogens is 2. The highest BCUT2D eigenvalue weighted by molar-refractivity contribution is 6.43. The van der Waals surface area contributed by atoms with Crippen LogP contribution in [0.4, 0.5) is 0 Å². The average molecular weight is 326 g/mol. The number of carboxylic acid groups (broad SMARTS) is 1. The number of hydrogen-bond acceptors (Lipinski definition) is 3. The molecular weight excluding hydrogens is 313 g/mol. The maximum Gasteiger partial charge on any atom is 0.341 e. The highest BCUT2D eigenvalue weighted by atomic mass is 35.5. The summed E-state index contributed by atoms with van der Waals surface area (Å²) in [7, 11) is 0. The quantitative estimate of drug-likeness (QED) is 0.862. The minimum absolute atomic E-state index is 0.103. The molecule has 0 spiro atoms. The molecule has 1 heterocycles. The van der Waals surface area contributed by atoms with Gasteiger partial charge in [0.05, 0.1) is 10.0 Å². The molecule has 4 nitrogen and oxygen atoms in total. The van der Waals surface area contributed by atoms with Crippen molar-refractivity contribution in [1.29, 1.82) is 0 Å². The van der Waals surface area contributed by atoms with Crippen LogP contribution in [0.25, 0.3) is 11.3 Å². The minimum atomic E-state index is -1.05. The summed E-state index contributed by atoms with van der Waals surface area (Å²) in [5.41, 5.74) is 0.831. The molecule has 3 rings (SSSR count). The number of benzene rings is 1. The first-order valence-electron chi connectivity index (χ1n) is 6.77. The van der Waals surface area contributed by atoms with Crippen LogP contribution in [-0.4, -0.2) is 16.2 Å². The SMILES string of the molecule is O=C(O)c1c(-c2cccc(Cl)c2Cl)noc1C1CCCC1. The van der Waals surface area contributed by atoms with Gasteiger partial charge in [-0.2, -0.15) is 0 Å². The Kier molecular flexibility index (Phi) is 3.91. The zero-order valence-corrected chi connectivity index (χ0v) is 12.6. The lowest BCUT2D eigenvalue weighted by molar-refractivity contribution is 0.0694.